The molecule has 10 aromatic rings. The fraction of sp³-hybridized carbons (Fsp3) is 0. The van der Waals surface area contributed by atoms with Gasteiger partial charge in [0.05, 0.1) is 38.8 Å². The standard InChI is InChI=1S/C34H20N6O/c1-2-10-21(11-3-1)37-28-19-18-22(20-29(28)39-25-14-6-5-13-24(25)35-33(37)39)38-26-15-7-8-16-27(26)40-31-23-12-4-9-17-30(23)41-32(31)36-34(38)40/h1-20H. The molecule has 10 rings (SSSR count). The lowest BCUT2D eigenvalue weighted by atomic mass is 10.2. The average Bonchev–Trinajstić information content (AvgIpc) is 3.79. The molecule has 192 valence electrons. The largest absolute Gasteiger partial charge is 0.436 e. The molecule has 0 spiro atoms. The molecule has 0 radical (unpaired) electrons. The maximum atomic E-state index is 6.19. The van der Waals surface area contributed by atoms with Crippen LogP contribution < -0.4 is 0 Å². The maximum absolute atomic E-state index is 6.19. The number of imidazole rings is 4. The monoisotopic (exact) mass is 528 g/mol. The minimum atomic E-state index is 0.639. The number of hydrogen-bond donors (Lipinski definition) is 0. The molecular formula is C34H20N6O. The molecule has 0 aliphatic carbocycles. The summed E-state index contributed by atoms with van der Waals surface area (Å²) >= 11 is 0. The number of rotatable bonds is 2. The van der Waals surface area contributed by atoms with E-state index in [1.54, 1.807) is 0 Å². The van der Waals surface area contributed by atoms with E-state index in [1.165, 1.54) is 0 Å². The zero-order valence-electron chi connectivity index (χ0n) is 21.6. The molecule has 0 amide bonds. The Morgan fingerprint density at radius 3 is 2.07 bits per heavy atom. The lowest BCUT2D eigenvalue weighted by Crippen LogP contribution is -1.97. The first-order valence-corrected chi connectivity index (χ1v) is 13.6. The molecule has 0 saturated heterocycles. The number of benzene rings is 5. The average molecular weight is 529 g/mol. The number of nitrogens with zero attached hydrogens (tertiary/aromatic N) is 6. The van der Waals surface area contributed by atoms with E-state index in [2.05, 4.69) is 109 Å². The number of aromatic nitrogens is 6. The highest BCUT2D eigenvalue weighted by atomic mass is 16.3. The minimum absolute atomic E-state index is 0.639. The molecule has 0 unspecified atom stereocenters. The number of hydrogen-bond acceptors (Lipinski definition) is 3. The van der Waals surface area contributed by atoms with Crippen molar-refractivity contribution in [2.24, 2.45) is 0 Å². The van der Waals surface area contributed by atoms with Crippen molar-refractivity contribution in [3.05, 3.63) is 121 Å². The molecule has 0 aliphatic heterocycles. The Morgan fingerprint density at radius 2 is 1.17 bits per heavy atom. The normalized spacial score (nSPS) is 12.4. The summed E-state index contributed by atoms with van der Waals surface area (Å²) in [7, 11) is 0. The van der Waals surface area contributed by atoms with E-state index in [4.69, 9.17) is 14.4 Å². The van der Waals surface area contributed by atoms with Gasteiger partial charge in [0, 0.05) is 11.1 Å². The van der Waals surface area contributed by atoms with Crippen molar-refractivity contribution in [2.45, 2.75) is 0 Å². The molecule has 5 aromatic carbocycles. The second-order valence-electron chi connectivity index (χ2n) is 10.4. The van der Waals surface area contributed by atoms with E-state index < -0.39 is 0 Å². The van der Waals surface area contributed by atoms with Gasteiger partial charge in [-0.25, -0.2) is 4.98 Å². The van der Waals surface area contributed by atoms with Crippen LogP contribution >= 0.6 is 0 Å². The zero-order valence-corrected chi connectivity index (χ0v) is 21.6. The van der Waals surface area contributed by atoms with Gasteiger partial charge in [0.1, 0.15) is 11.1 Å². The summed E-state index contributed by atoms with van der Waals surface area (Å²) < 4.78 is 15.1. The number of fused-ring (bicyclic) bond motifs is 12. The predicted molar refractivity (Wildman–Crippen MR) is 162 cm³/mol. The molecule has 0 atom stereocenters. The third-order valence-electron chi connectivity index (χ3n) is 8.20. The van der Waals surface area contributed by atoms with Gasteiger partial charge in [-0.1, -0.05) is 54.6 Å². The van der Waals surface area contributed by atoms with Crippen molar-refractivity contribution in [3.8, 4) is 11.4 Å². The highest BCUT2D eigenvalue weighted by Gasteiger charge is 2.23. The Kier molecular flexibility index (Phi) is 3.81. The van der Waals surface area contributed by atoms with Crippen LogP contribution in [-0.2, 0) is 0 Å². The molecule has 0 fully saturated rings. The van der Waals surface area contributed by atoms with Gasteiger partial charge in [-0.2, -0.15) is 4.98 Å². The molecule has 0 aliphatic rings. The highest BCUT2D eigenvalue weighted by Crippen LogP contribution is 2.36. The fourth-order valence-corrected chi connectivity index (χ4v) is 6.49. The van der Waals surface area contributed by atoms with Crippen molar-refractivity contribution in [1.82, 2.24) is 27.9 Å². The summed E-state index contributed by atoms with van der Waals surface area (Å²) in [6.45, 7) is 0. The molecule has 5 aromatic heterocycles. The quantitative estimate of drug-likeness (QED) is 0.229. The van der Waals surface area contributed by atoms with E-state index >= 15 is 0 Å². The summed E-state index contributed by atoms with van der Waals surface area (Å²) in [6.07, 6.45) is 0. The van der Waals surface area contributed by atoms with Gasteiger partial charge in [-0.3, -0.25) is 17.9 Å². The van der Waals surface area contributed by atoms with Crippen molar-refractivity contribution >= 4 is 66.9 Å². The Labute approximate surface area is 231 Å². The predicted octanol–water partition coefficient (Wildman–Crippen LogP) is 7.92. The van der Waals surface area contributed by atoms with Crippen molar-refractivity contribution in [3.63, 3.8) is 0 Å². The summed E-state index contributed by atoms with van der Waals surface area (Å²) in [4.78, 5) is 10.1. The van der Waals surface area contributed by atoms with E-state index in [9.17, 15) is 0 Å². The number of furan rings is 1. The first-order chi connectivity index (χ1) is 20.3. The van der Waals surface area contributed by atoms with Crippen molar-refractivity contribution in [1.29, 1.82) is 0 Å². The van der Waals surface area contributed by atoms with Crippen LogP contribution in [0.25, 0.3) is 78.2 Å². The van der Waals surface area contributed by atoms with Gasteiger partial charge in [0.2, 0.25) is 17.3 Å². The maximum Gasteiger partial charge on any atom is 0.248 e. The van der Waals surface area contributed by atoms with Crippen LogP contribution in [0.5, 0.6) is 0 Å². The van der Waals surface area contributed by atoms with Crippen LogP contribution in [0.1, 0.15) is 0 Å². The Morgan fingerprint density at radius 1 is 0.488 bits per heavy atom. The lowest BCUT2D eigenvalue weighted by molar-refractivity contribution is 0.656. The molecule has 0 bridgehead atoms. The third kappa shape index (κ3) is 2.62. The Balaban J connectivity index is 1.35. The first kappa shape index (κ1) is 21.1. The van der Waals surface area contributed by atoms with E-state index in [0.717, 1.165) is 72.5 Å². The van der Waals surface area contributed by atoms with Gasteiger partial charge in [-0.05, 0) is 66.7 Å². The van der Waals surface area contributed by atoms with Crippen LogP contribution in [0.2, 0.25) is 0 Å². The topological polar surface area (TPSA) is 57.6 Å². The minimum Gasteiger partial charge on any atom is -0.436 e. The van der Waals surface area contributed by atoms with Crippen LogP contribution in [0.15, 0.2) is 126 Å². The van der Waals surface area contributed by atoms with Gasteiger partial charge in [-0.15, -0.1) is 0 Å². The summed E-state index contributed by atoms with van der Waals surface area (Å²) in [6, 6.07) is 41.9. The van der Waals surface area contributed by atoms with E-state index in [-0.39, 0.29) is 0 Å². The molecule has 0 saturated carbocycles. The van der Waals surface area contributed by atoms with Crippen molar-refractivity contribution < 1.29 is 4.42 Å². The second kappa shape index (κ2) is 7.43. The smallest absolute Gasteiger partial charge is 0.248 e. The highest BCUT2D eigenvalue weighted by molar-refractivity contribution is 6.06. The second-order valence-corrected chi connectivity index (χ2v) is 10.4. The summed E-state index contributed by atoms with van der Waals surface area (Å²) in [5.41, 5.74) is 10.9. The third-order valence-corrected chi connectivity index (χ3v) is 8.20. The van der Waals surface area contributed by atoms with Crippen molar-refractivity contribution in [2.75, 3.05) is 0 Å². The molecule has 41 heavy (non-hydrogen) atoms. The first-order valence-electron chi connectivity index (χ1n) is 13.6. The fourth-order valence-electron chi connectivity index (χ4n) is 6.49. The summed E-state index contributed by atoms with van der Waals surface area (Å²) in [5, 5.41) is 1.06. The van der Waals surface area contributed by atoms with E-state index in [1.807, 2.05) is 30.3 Å². The van der Waals surface area contributed by atoms with E-state index in [0.29, 0.717) is 5.71 Å². The van der Waals surface area contributed by atoms with Crippen LogP contribution in [0.3, 0.4) is 0 Å². The van der Waals surface area contributed by atoms with Crippen LogP contribution in [0, 0.1) is 0 Å². The SMILES string of the molecule is c1ccc(-n2c3ccc(-n4c5ccccc5n5c6c(nc45)oc4ccccc46)cc3n3c4ccccc4nc23)cc1. The molecule has 7 heteroatoms. The molecular weight excluding hydrogens is 508 g/mol. The Bertz CT molecular complexity index is 2640. The summed E-state index contributed by atoms with van der Waals surface area (Å²) in [5.74, 6) is 1.70. The molecule has 7 nitrogen and oxygen atoms in total. The Hall–Kier alpha value is -5.82. The van der Waals surface area contributed by atoms with Crippen LogP contribution in [0.4, 0.5) is 0 Å². The zero-order chi connectivity index (χ0) is 26.7. The molecule has 0 N–H and O–H groups in total. The van der Waals surface area contributed by atoms with Gasteiger partial charge < -0.3 is 4.42 Å². The van der Waals surface area contributed by atoms with Crippen LogP contribution in [-0.4, -0.2) is 27.9 Å². The lowest BCUT2D eigenvalue weighted by Gasteiger charge is -2.08. The van der Waals surface area contributed by atoms with Gasteiger partial charge >= 0.3 is 0 Å². The van der Waals surface area contributed by atoms with Gasteiger partial charge in [0.25, 0.3) is 0 Å². The molecule has 5 heterocycles. The van der Waals surface area contributed by atoms with Gasteiger partial charge in [0.15, 0.2) is 0 Å². The number of para-hydroxylation sites is 6.